The van der Waals surface area contributed by atoms with Crippen LogP contribution in [0.4, 0.5) is 4.39 Å². The Morgan fingerprint density at radius 1 is 1.37 bits per heavy atom. The van der Waals surface area contributed by atoms with Crippen molar-refractivity contribution in [2.75, 3.05) is 0 Å². The van der Waals surface area contributed by atoms with Crippen molar-refractivity contribution in [1.82, 2.24) is 4.98 Å². The van der Waals surface area contributed by atoms with Crippen LogP contribution in [0, 0.1) is 5.82 Å². The number of thiazole rings is 1. The molecule has 2 aromatic rings. The van der Waals surface area contributed by atoms with Crippen LogP contribution in [0.3, 0.4) is 0 Å². The Morgan fingerprint density at radius 2 is 2.11 bits per heavy atom. The fourth-order valence-corrected chi connectivity index (χ4v) is 2.72. The van der Waals surface area contributed by atoms with Gasteiger partial charge in [0, 0.05) is 15.3 Å². The fourth-order valence-electron chi connectivity index (χ4n) is 1.45. The molecular weight excluding hydrogens is 329 g/mol. The zero-order chi connectivity index (χ0) is 14.0. The standard InChI is InChI=1S/C14H15BrFNOS/c1-14(2,3)12-8-19-13(17-12)7-18-11-6-9(15)4-5-10(11)16/h4-6,8H,7H2,1-3H3. The van der Waals surface area contributed by atoms with Gasteiger partial charge in [0.05, 0.1) is 5.69 Å². The number of ether oxygens (including phenoxy) is 1. The Balaban J connectivity index is 2.06. The van der Waals surface area contributed by atoms with Crippen molar-refractivity contribution in [2.45, 2.75) is 32.8 Å². The van der Waals surface area contributed by atoms with Crippen LogP contribution in [0.5, 0.6) is 5.75 Å². The van der Waals surface area contributed by atoms with Crippen LogP contribution in [0.25, 0.3) is 0 Å². The van der Waals surface area contributed by atoms with E-state index >= 15 is 0 Å². The average Bonchev–Trinajstić information content (AvgIpc) is 2.79. The molecule has 0 saturated heterocycles. The summed E-state index contributed by atoms with van der Waals surface area (Å²) in [4.78, 5) is 4.51. The minimum atomic E-state index is -0.365. The molecule has 2 nitrogen and oxygen atoms in total. The Labute approximate surface area is 124 Å². The number of halogens is 2. The van der Waals surface area contributed by atoms with E-state index in [-0.39, 0.29) is 23.6 Å². The van der Waals surface area contributed by atoms with Crippen molar-refractivity contribution in [3.8, 4) is 5.75 Å². The Hall–Kier alpha value is -0.940. The van der Waals surface area contributed by atoms with E-state index in [1.165, 1.54) is 17.4 Å². The number of hydrogen-bond acceptors (Lipinski definition) is 3. The Kier molecular flexibility index (Phi) is 4.26. The van der Waals surface area contributed by atoms with Crippen LogP contribution in [-0.2, 0) is 12.0 Å². The van der Waals surface area contributed by atoms with E-state index < -0.39 is 0 Å². The van der Waals surface area contributed by atoms with E-state index in [2.05, 4.69) is 41.7 Å². The number of rotatable bonds is 3. The second-order valence-corrected chi connectivity index (χ2v) is 7.10. The lowest BCUT2D eigenvalue weighted by Crippen LogP contribution is -2.11. The smallest absolute Gasteiger partial charge is 0.165 e. The molecule has 0 atom stereocenters. The topological polar surface area (TPSA) is 22.1 Å². The first-order chi connectivity index (χ1) is 8.86. The van der Waals surface area contributed by atoms with Crippen molar-refractivity contribution in [2.24, 2.45) is 0 Å². The molecule has 102 valence electrons. The highest BCUT2D eigenvalue weighted by Crippen LogP contribution is 2.26. The molecule has 5 heteroatoms. The molecule has 1 aromatic carbocycles. The number of benzene rings is 1. The molecule has 2 rings (SSSR count). The van der Waals surface area contributed by atoms with Gasteiger partial charge in [-0.2, -0.15) is 0 Å². The van der Waals surface area contributed by atoms with E-state index in [1.54, 1.807) is 12.1 Å². The molecule has 0 unspecified atom stereocenters. The summed E-state index contributed by atoms with van der Waals surface area (Å²) in [6, 6.07) is 4.64. The molecule has 1 heterocycles. The van der Waals surface area contributed by atoms with Crippen LogP contribution in [0.1, 0.15) is 31.5 Å². The van der Waals surface area contributed by atoms with Gasteiger partial charge >= 0.3 is 0 Å². The van der Waals surface area contributed by atoms with Gasteiger partial charge in [0.2, 0.25) is 0 Å². The lowest BCUT2D eigenvalue weighted by molar-refractivity contribution is 0.289. The highest BCUT2D eigenvalue weighted by molar-refractivity contribution is 9.10. The van der Waals surface area contributed by atoms with Crippen LogP contribution in [0.15, 0.2) is 28.1 Å². The summed E-state index contributed by atoms with van der Waals surface area (Å²) >= 11 is 4.83. The zero-order valence-corrected chi connectivity index (χ0v) is 13.4. The maximum absolute atomic E-state index is 13.5. The van der Waals surface area contributed by atoms with Gasteiger partial charge in [-0.15, -0.1) is 11.3 Å². The minimum Gasteiger partial charge on any atom is -0.483 e. The summed E-state index contributed by atoms with van der Waals surface area (Å²) in [7, 11) is 0. The lowest BCUT2D eigenvalue weighted by atomic mass is 9.93. The molecule has 0 aliphatic carbocycles. The lowest BCUT2D eigenvalue weighted by Gasteiger charge is -2.14. The highest BCUT2D eigenvalue weighted by Gasteiger charge is 2.17. The Morgan fingerprint density at radius 3 is 2.74 bits per heavy atom. The van der Waals surface area contributed by atoms with E-state index in [1.807, 2.05) is 5.38 Å². The number of aromatic nitrogens is 1. The van der Waals surface area contributed by atoms with Crippen LogP contribution in [0.2, 0.25) is 0 Å². The average molecular weight is 344 g/mol. The van der Waals surface area contributed by atoms with E-state index in [4.69, 9.17) is 4.74 Å². The van der Waals surface area contributed by atoms with Gasteiger partial charge in [0.1, 0.15) is 11.6 Å². The molecule has 0 radical (unpaired) electrons. The zero-order valence-electron chi connectivity index (χ0n) is 11.0. The second kappa shape index (κ2) is 5.59. The van der Waals surface area contributed by atoms with Crippen molar-refractivity contribution in [1.29, 1.82) is 0 Å². The van der Waals surface area contributed by atoms with Gasteiger partial charge in [-0.3, -0.25) is 0 Å². The summed E-state index contributed by atoms with van der Waals surface area (Å²) in [6.07, 6.45) is 0. The summed E-state index contributed by atoms with van der Waals surface area (Å²) in [5.74, 6) is -0.127. The quantitative estimate of drug-likeness (QED) is 0.788. The predicted octanol–water partition coefficient (Wildman–Crippen LogP) is 4.92. The summed E-state index contributed by atoms with van der Waals surface area (Å²) in [5, 5.41) is 2.87. The minimum absolute atomic E-state index is 0.0236. The maximum Gasteiger partial charge on any atom is 0.165 e. The highest BCUT2D eigenvalue weighted by atomic mass is 79.9. The van der Waals surface area contributed by atoms with Crippen LogP contribution >= 0.6 is 27.3 Å². The van der Waals surface area contributed by atoms with Crippen molar-refractivity contribution >= 4 is 27.3 Å². The van der Waals surface area contributed by atoms with Crippen molar-refractivity contribution in [3.05, 3.63) is 44.6 Å². The molecular formula is C14H15BrFNOS. The summed E-state index contributed by atoms with van der Waals surface area (Å²) < 4.78 is 19.8. The predicted molar refractivity (Wildman–Crippen MR) is 79.2 cm³/mol. The first-order valence-electron chi connectivity index (χ1n) is 5.89. The Bertz CT molecular complexity index is 577. The summed E-state index contributed by atoms with van der Waals surface area (Å²) in [5.41, 5.74) is 1.06. The van der Waals surface area contributed by atoms with E-state index in [9.17, 15) is 4.39 Å². The molecule has 0 bridgehead atoms. The molecule has 0 N–H and O–H groups in total. The first-order valence-corrected chi connectivity index (χ1v) is 7.56. The number of nitrogens with zero attached hydrogens (tertiary/aromatic N) is 1. The van der Waals surface area contributed by atoms with Crippen LogP contribution < -0.4 is 4.74 Å². The van der Waals surface area contributed by atoms with Gasteiger partial charge in [0.25, 0.3) is 0 Å². The van der Waals surface area contributed by atoms with Gasteiger partial charge in [-0.1, -0.05) is 36.7 Å². The third kappa shape index (κ3) is 3.76. The second-order valence-electron chi connectivity index (χ2n) is 5.24. The third-order valence-electron chi connectivity index (χ3n) is 2.56. The third-order valence-corrected chi connectivity index (χ3v) is 3.88. The van der Waals surface area contributed by atoms with Gasteiger partial charge in [0.15, 0.2) is 11.6 Å². The van der Waals surface area contributed by atoms with E-state index in [0.717, 1.165) is 15.2 Å². The maximum atomic E-state index is 13.5. The van der Waals surface area contributed by atoms with Gasteiger partial charge in [-0.25, -0.2) is 9.37 Å². The normalized spacial score (nSPS) is 11.6. The van der Waals surface area contributed by atoms with E-state index in [0.29, 0.717) is 0 Å². The van der Waals surface area contributed by atoms with Gasteiger partial charge in [-0.05, 0) is 18.2 Å². The monoisotopic (exact) mass is 343 g/mol. The largest absolute Gasteiger partial charge is 0.483 e. The van der Waals surface area contributed by atoms with Crippen molar-refractivity contribution < 1.29 is 9.13 Å². The number of hydrogen-bond donors (Lipinski definition) is 0. The molecule has 1 aromatic heterocycles. The summed E-state index contributed by atoms with van der Waals surface area (Å²) in [6.45, 7) is 6.62. The molecule has 0 aliphatic heterocycles. The molecule has 0 aliphatic rings. The first kappa shape index (κ1) is 14.5. The van der Waals surface area contributed by atoms with Crippen LogP contribution in [-0.4, -0.2) is 4.98 Å². The van der Waals surface area contributed by atoms with Gasteiger partial charge < -0.3 is 4.74 Å². The molecule has 0 spiro atoms. The molecule has 0 saturated carbocycles. The molecule has 19 heavy (non-hydrogen) atoms. The molecule has 0 fully saturated rings. The SMILES string of the molecule is CC(C)(C)c1csc(COc2cc(Br)ccc2F)n1. The molecule has 0 amide bonds. The van der Waals surface area contributed by atoms with Crippen molar-refractivity contribution in [3.63, 3.8) is 0 Å². The fraction of sp³-hybridized carbons (Fsp3) is 0.357.